The second kappa shape index (κ2) is 7.34. The van der Waals surface area contributed by atoms with Crippen LogP contribution in [0.15, 0.2) is 36.9 Å². The minimum atomic E-state index is -0.325. The van der Waals surface area contributed by atoms with Crippen molar-refractivity contribution in [2.75, 3.05) is 12.4 Å². The third kappa shape index (κ3) is 3.63. The van der Waals surface area contributed by atoms with Crippen LogP contribution in [0.4, 0.5) is 5.69 Å². The van der Waals surface area contributed by atoms with Gasteiger partial charge in [-0.1, -0.05) is 6.92 Å². The Morgan fingerprint density at radius 1 is 1.22 bits per heavy atom. The van der Waals surface area contributed by atoms with E-state index in [1.54, 1.807) is 7.11 Å². The highest BCUT2D eigenvalue weighted by Gasteiger charge is 2.21. The molecule has 1 amide bonds. The number of hydrogen-bond donors (Lipinski definition) is 1. The minimum Gasteiger partial charge on any atom is -0.494 e. The van der Waals surface area contributed by atoms with Gasteiger partial charge < -0.3 is 10.1 Å². The van der Waals surface area contributed by atoms with Crippen molar-refractivity contribution in [2.45, 2.75) is 38.6 Å². The van der Waals surface area contributed by atoms with Crippen molar-refractivity contribution in [1.29, 1.82) is 0 Å². The maximum Gasteiger partial charge on any atom is 0.275 e. The zero-order valence-electron chi connectivity index (χ0n) is 15.6. The molecule has 0 atom stereocenters. The fourth-order valence-electron chi connectivity index (χ4n) is 3.63. The number of carbonyl (C=O) groups excluding carboxylic acids is 1. The standard InChI is InChI=1S/C20H23N5O2/c1-13-3-5-15(6-4-13)25-12-14-9-17(19(27-2)10-16(14)24-25)23-20(26)18-11-21-7-8-22-18/h7-13,15H,3-6H2,1-2H3,(H,23,26). The van der Waals surface area contributed by atoms with Gasteiger partial charge in [-0.05, 0) is 37.7 Å². The molecule has 2 aromatic heterocycles. The summed E-state index contributed by atoms with van der Waals surface area (Å²) in [5.74, 6) is 1.05. The van der Waals surface area contributed by atoms with Gasteiger partial charge in [0.15, 0.2) is 0 Å². The Hall–Kier alpha value is -2.96. The van der Waals surface area contributed by atoms with E-state index in [2.05, 4.69) is 33.1 Å². The second-order valence-corrected chi connectivity index (χ2v) is 7.18. The lowest BCUT2D eigenvalue weighted by molar-refractivity contribution is 0.102. The summed E-state index contributed by atoms with van der Waals surface area (Å²) in [7, 11) is 1.58. The predicted molar refractivity (Wildman–Crippen MR) is 103 cm³/mol. The van der Waals surface area contributed by atoms with Crippen molar-refractivity contribution in [3.8, 4) is 5.75 Å². The van der Waals surface area contributed by atoms with E-state index in [0.29, 0.717) is 17.5 Å². The fourth-order valence-corrected chi connectivity index (χ4v) is 3.63. The molecule has 1 fully saturated rings. The lowest BCUT2D eigenvalue weighted by Crippen LogP contribution is -2.16. The van der Waals surface area contributed by atoms with E-state index in [1.165, 1.54) is 31.4 Å². The third-order valence-corrected chi connectivity index (χ3v) is 5.25. The van der Waals surface area contributed by atoms with Gasteiger partial charge in [-0.2, -0.15) is 5.10 Å². The van der Waals surface area contributed by atoms with Crippen LogP contribution in [0, 0.1) is 5.92 Å². The highest BCUT2D eigenvalue weighted by molar-refractivity contribution is 6.04. The number of carbonyl (C=O) groups is 1. The van der Waals surface area contributed by atoms with Crippen LogP contribution in [0.3, 0.4) is 0 Å². The average Bonchev–Trinajstić information content (AvgIpc) is 3.11. The molecular formula is C20H23N5O2. The Kier molecular flexibility index (Phi) is 4.75. The first-order valence-electron chi connectivity index (χ1n) is 9.28. The Balaban J connectivity index is 1.62. The molecule has 1 aliphatic rings. The van der Waals surface area contributed by atoms with Crippen molar-refractivity contribution in [1.82, 2.24) is 19.7 Å². The molecule has 2 heterocycles. The minimum absolute atomic E-state index is 0.256. The summed E-state index contributed by atoms with van der Waals surface area (Å²) in [4.78, 5) is 20.4. The number of fused-ring (bicyclic) bond motifs is 1. The first-order chi connectivity index (χ1) is 13.1. The zero-order valence-corrected chi connectivity index (χ0v) is 15.6. The molecule has 0 spiro atoms. The fraction of sp³-hybridized carbons (Fsp3) is 0.400. The van der Waals surface area contributed by atoms with E-state index in [0.717, 1.165) is 29.7 Å². The molecule has 4 rings (SSSR count). The molecule has 27 heavy (non-hydrogen) atoms. The zero-order chi connectivity index (χ0) is 18.8. The number of amides is 1. The summed E-state index contributed by atoms with van der Waals surface area (Å²) < 4.78 is 7.53. The molecule has 1 aliphatic carbocycles. The summed E-state index contributed by atoms with van der Waals surface area (Å²) >= 11 is 0. The molecule has 0 unspecified atom stereocenters. The Morgan fingerprint density at radius 2 is 2.04 bits per heavy atom. The summed E-state index contributed by atoms with van der Waals surface area (Å²) in [6, 6.07) is 4.21. The maximum atomic E-state index is 12.4. The van der Waals surface area contributed by atoms with E-state index < -0.39 is 0 Å². The van der Waals surface area contributed by atoms with Crippen LogP contribution >= 0.6 is 0 Å². The number of nitrogens with one attached hydrogen (secondary N) is 1. The van der Waals surface area contributed by atoms with Crippen molar-refractivity contribution in [3.63, 3.8) is 0 Å². The Bertz CT molecular complexity index is 946. The Morgan fingerprint density at radius 3 is 2.74 bits per heavy atom. The summed E-state index contributed by atoms with van der Waals surface area (Å²) in [5, 5.41) is 8.59. The van der Waals surface area contributed by atoms with Gasteiger partial charge in [-0.25, -0.2) is 4.98 Å². The summed E-state index contributed by atoms with van der Waals surface area (Å²) in [5.41, 5.74) is 1.71. The monoisotopic (exact) mass is 365 g/mol. The normalized spacial score (nSPS) is 19.8. The number of benzene rings is 1. The summed E-state index contributed by atoms with van der Waals surface area (Å²) in [6.45, 7) is 2.31. The molecule has 1 N–H and O–H groups in total. The molecule has 0 saturated heterocycles. The quantitative estimate of drug-likeness (QED) is 0.760. The van der Waals surface area contributed by atoms with Crippen LogP contribution in [0.25, 0.3) is 10.9 Å². The first kappa shape index (κ1) is 17.5. The number of ether oxygens (including phenoxy) is 1. The van der Waals surface area contributed by atoms with Gasteiger partial charge >= 0.3 is 0 Å². The van der Waals surface area contributed by atoms with Gasteiger partial charge in [0, 0.05) is 30.0 Å². The van der Waals surface area contributed by atoms with E-state index in [-0.39, 0.29) is 11.6 Å². The molecule has 0 aliphatic heterocycles. The van der Waals surface area contributed by atoms with Crippen molar-refractivity contribution in [2.24, 2.45) is 5.92 Å². The molecule has 0 bridgehead atoms. The SMILES string of the molecule is COc1cc2nn(C3CCC(C)CC3)cc2cc1NC(=O)c1cnccn1. The molecule has 140 valence electrons. The molecule has 7 nitrogen and oxygen atoms in total. The average molecular weight is 365 g/mol. The molecule has 3 aromatic rings. The van der Waals surface area contributed by atoms with Crippen LogP contribution in [0.5, 0.6) is 5.75 Å². The molecule has 1 aromatic carbocycles. The predicted octanol–water partition coefficient (Wildman–Crippen LogP) is 3.84. The Labute approximate surface area is 157 Å². The van der Waals surface area contributed by atoms with Crippen LogP contribution in [-0.2, 0) is 0 Å². The lowest BCUT2D eigenvalue weighted by Gasteiger charge is -2.26. The van der Waals surface area contributed by atoms with Gasteiger partial charge in [-0.3, -0.25) is 14.5 Å². The number of aromatic nitrogens is 4. The number of hydrogen-bond acceptors (Lipinski definition) is 5. The molecule has 1 saturated carbocycles. The summed E-state index contributed by atoms with van der Waals surface area (Å²) in [6.07, 6.45) is 11.3. The number of nitrogens with zero attached hydrogens (tertiary/aromatic N) is 4. The smallest absolute Gasteiger partial charge is 0.275 e. The highest BCUT2D eigenvalue weighted by atomic mass is 16.5. The maximum absolute atomic E-state index is 12.4. The van der Waals surface area contributed by atoms with Crippen molar-refractivity contribution < 1.29 is 9.53 Å². The topological polar surface area (TPSA) is 81.9 Å². The number of rotatable bonds is 4. The van der Waals surface area contributed by atoms with E-state index in [1.807, 2.05) is 12.1 Å². The van der Waals surface area contributed by atoms with Crippen LogP contribution in [-0.4, -0.2) is 32.8 Å². The number of methoxy groups -OCH3 is 1. The highest BCUT2D eigenvalue weighted by Crippen LogP contribution is 2.34. The van der Waals surface area contributed by atoms with Gasteiger partial charge in [-0.15, -0.1) is 0 Å². The first-order valence-corrected chi connectivity index (χ1v) is 9.28. The van der Waals surface area contributed by atoms with Crippen LogP contribution in [0.2, 0.25) is 0 Å². The van der Waals surface area contributed by atoms with E-state index >= 15 is 0 Å². The molecular weight excluding hydrogens is 342 g/mol. The van der Waals surface area contributed by atoms with Crippen LogP contribution in [0.1, 0.15) is 49.1 Å². The van der Waals surface area contributed by atoms with Crippen molar-refractivity contribution in [3.05, 3.63) is 42.6 Å². The molecule has 0 radical (unpaired) electrons. The van der Waals surface area contributed by atoms with Crippen LogP contribution < -0.4 is 10.1 Å². The second-order valence-electron chi connectivity index (χ2n) is 7.18. The van der Waals surface area contributed by atoms with E-state index in [4.69, 9.17) is 9.84 Å². The van der Waals surface area contributed by atoms with Gasteiger partial charge in [0.2, 0.25) is 0 Å². The van der Waals surface area contributed by atoms with Gasteiger partial charge in [0.1, 0.15) is 11.4 Å². The van der Waals surface area contributed by atoms with E-state index in [9.17, 15) is 4.79 Å². The van der Waals surface area contributed by atoms with Gasteiger partial charge in [0.25, 0.3) is 5.91 Å². The van der Waals surface area contributed by atoms with Gasteiger partial charge in [0.05, 0.1) is 30.6 Å². The largest absolute Gasteiger partial charge is 0.494 e. The lowest BCUT2D eigenvalue weighted by atomic mass is 9.87. The third-order valence-electron chi connectivity index (χ3n) is 5.25. The molecule has 7 heteroatoms. The number of anilines is 1. The van der Waals surface area contributed by atoms with Crippen molar-refractivity contribution >= 4 is 22.5 Å².